The van der Waals surface area contributed by atoms with Gasteiger partial charge in [0.05, 0.1) is 6.61 Å². The number of hydrogen-bond acceptors (Lipinski definition) is 3. The van der Waals surface area contributed by atoms with E-state index in [0.29, 0.717) is 12.4 Å². The Kier molecular flexibility index (Phi) is 5.63. The summed E-state index contributed by atoms with van der Waals surface area (Å²) in [5.41, 5.74) is 0.928. The Balaban J connectivity index is 2.67. The van der Waals surface area contributed by atoms with Crippen molar-refractivity contribution in [2.45, 2.75) is 13.0 Å². The largest absolute Gasteiger partial charge is 0.490 e. The highest BCUT2D eigenvalue weighted by atomic mass is 32.2. The third kappa shape index (κ3) is 3.68. The summed E-state index contributed by atoms with van der Waals surface area (Å²) in [5.74, 6) is 0.912. The first kappa shape index (κ1) is 13.3. The van der Waals surface area contributed by atoms with Gasteiger partial charge in [-0.15, -0.1) is 0 Å². The van der Waals surface area contributed by atoms with Crippen molar-refractivity contribution in [3.05, 3.63) is 29.6 Å². The molecular formula is C12H18FNOS. The van der Waals surface area contributed by atoms with Gasteiger partial charge in [-0.05, 0) is 37.9 Å². The molecule has 0 spiro atoms. The third-order valence-corrected chi connectivity index (χ3v) is 3.01. The van der Waals surface area contributed by atoms with E-state index in [4.69, 9.17) is 4.74 Å². The van der Waals surface area contributed by atoms with Crippen LogP contribution in [-0.4, -0.2) is 25.7 Å². The lowest BCUT2D eigenvalue weighted by molar-refractivity contribution is 0.324. The number of rotatable bonds is 6. The minimum atomic E-state index is -0.291. The molecule has 0 amide bonds. The molecule has 0 fully saturated rings. The second-order valence-electron chi connectivity index (χ2n) is 3.54. The minimum Gasteiger partial charge on any atom is -0.490 e. The van der Waals surface area contributed by atoms with Gasteiger partial charge in [0.2, 0.25) is 0 Å². The van der Waals surface area contributed by atoms with Crippen molar-refractivity contribution in [1.82, 2.24) is 5.32 Å². The Hall–Kier alpha value is -0.740. The maximum absolute atomic E-state index is 13.6. The molecule has 1 aromatic carbocycles. The lowest BCUT2D eigenvalue weighted by Gasteiger charge is -2.12. The topological polar surface area (TPSA) is 21.3 Å². The average molecular weight is 243 g/mol. The summed E-state index contributed by atoms with van der Waals surface area (Å²) in [7, 11) is 1.85. The van der Waals surface area contributed by atoms with Crippen LogP contribution in [0.25, 0.3) is 0 Å². The molecule has 0 saturated carbocycles. The van der Waals surface area contributed by atoms with Crippen LogP contribution in [0.15, 0.2) is 18.2 Å². The van der Waals surface area contributed by atoms with Crippen LogP contribution in [0.4, 0.5) is 4.39 Å². The normalized spacial score (nSPS) is 12.5. The molecule has 1 rings (SSSR count). The van der Waals surface area contributed by atoms with E-state index in [-0.39, 0.29) is 11.9 Å². The molecule has 0 aliphatic rings. The summed E-state index contributed by atoms with van der Waals surface area (Å²) in [6.45, 7) is 2.53. The maximum atomic E-state index is 13.6. The standard InChI is InChI=1S/C12H18FNOS/c1-9(14-2)10-4-5-12(11(13)8-10)15-6-7-16-3/h4-5,8-9,14H,6-7H2,1-3H3. The zero-order chi connectivity index (χ0) is 12.0. The van der Waals surface area contributed by atoms with Crippen molar-refractivity contribution in [3.63, 3.8) is 0 Å². The highest BCUT2D eigenvalue weighted by molar-refractivity contribution is 7.98. The first-order chi connectivity index (χ1) is 7.69. The zero-order valence-corrected chi connectivity index (χ0v) is 10.7. The molecule has 0 heterocycles. The van der Waals surface area contributed by atoms with Gasteiger partial charge in [0.25, 0.3) is 0 Å². The van der Waals surface area contributed by atoms with Gasteiger partial charge in [-0.25, -0.2) is 4.39 Å². The number of halogens is 1. The van der Waals surface area contributed by atoms with E-state index in [2.05, 4.69) is 5.32 Å². The van der Waals surface area contributed by atoms with Crippen LogP contribution in [0.3, 0.4) is 0 Å². The average Bonchev–Trinajstić information content (AvgIpc) is 2.30. The summed E-state index contributed by atoms with van der Waals surface area (Å²) in [5, 5.41) is 3.07. The van der Waals surface area contributed by atoms with Crippen molar-refractivity contribution in [2.75, 3.05) is 25.7 Å². The third-order valence-electron chi connectivity index (χ3n) is 2.43. The van der Waals surface area contributed by atoms with Crippen molar-refractivity contribution in [2.24, 2.45) is 0 Å². The SMILES string of the molecule is CNC(C)c1ccc(OCCSC)c(F)c1. The van der Waals surface area contributed by atoms with Crippen molar-refractivity contribution >= 4 is 11.8 Å². The van der Waals surface area contributed by atoms with Crippen LogP contribution in [0.1, 0.15) is 18.5 Å². The van der Waals surface area contributed by atoms with E-state index in [9.17, 15) is 4.39 Å². The summed E-state index contributed by atoms with van der Waals surface area (Å²) < 4.78 is 18.9. The van der Waals surface area contributed by atoms with E-state index in [1.807, 2.05) is 26.3 Å². The first-order valence-electron chi connectivity index (χ1n) is 5.27. The predicted octanol–water partition coefficient (Wildman–Crippen LogP) is 2.85. The molecule has 1 atom stereocenters. The van der Waals surface area contributed by atoms with Crippen LogP contribution >= 0.6 is 11.8 Å². The van der Waals surface area contributed by atoms with Gasteiger partial charge in [-0.2, -0.15) is 11.8 Å². The fourth-order valence-corrected chi connectivity index (χ4v) is 1.56. The highest BCUT2D eigenvalue weighted by Gasteiger charge is 2.08. The Morgan fingerprint density at radius 1 is 1.50 bits per heavy atom. The van der Waals surface area contributed by atoms with Gasteiger partial charge in [-0.3, -0.25) is 0 Å². The maximum Gasteiger partial charge on any atom is 0.165 e. The molecule has 0 aliphatic carbocycles. The van der Waals surface area contributed by atoms with Crippen molar-refractivity contribution < 1.29 is 9.13 Å². The lowest BCUT2D eigenvalue weighted by atomic mass is 10.1. The van der Waals surface area contributed by atoms with E-state index >= 15 is 0 Å². The summed E-state index contributed by atoms with van der Waals surface area (Å²) in [6.07, 6.45) is 2.00. The Morgan fingerprint density at radius 3 is 2.81 bits per heavy atom. The molecule has 4 heteroatoms. The Bertz CT molecular complexity index is 333. The van der Waals surface area contributed by atoms with E-state index in [1.54, 1.807) is 17.8 Å². The molecular weight excluding hydrogens is 225 g/mol. The first-order valence-corrected chi connectivity index (χ1v) is 6.67. The van der Waals surface area contributed by atoms with Crippen molar-refractivity contribution in [1.29, 1.82) is 0 Å². The number of hydrogen-bond donors (Lipinski definition) is 1. The minimum absolute atomic E-state index is 0.148. The lowest BCUT2D eigenvalue weighted by Crippen LogP contribution is -2.12. The predicted molar refractivity (Wildman–Crippen MR) is 67.8 cm³/mol. The van der Waals surface area contributed by atoms with Gasteiger partial charge in [0.1, 0.15) is 0 Å². The molecule has 0 aliphatic heterocycles. The van der Waals surface area contributed by atoms with Gasteiger partial charge >= 0.3 is 0 Å². The molecule has 1 unspecified atom stereocenters. The van der Waals surface area contributed by atoms with Crippen LogP contribution in [0, 0.1) is 5.82 Å². The quantitative estimate of drug-likeness (QED) is 0.776. The van der Waals surface area contributed by atoms with Gasteiger partial charge < -0.3 is 10.1 Å². The molecule has 1 N–H and O–H groups in total. The number of nitrogens with one attached hydrogen (secondary N) is 1. The molecule has 0 saturated heterocycles. The monoisotopic (exact) mass is 243 g/mol. The summed E-state index contributed by atoms with van der Waals surface area (Å²) in [6, 6.07) is 5.25. The number of thioether (sulfide) groups is 1. The highest BCUT2D eigenvalue weighted by Crippen LogP contribution is 2.21. The van der Waals surface area contributed by atoms with Crippen LogP contribution in [0.5, 0.6) is 5.75 Å². The summed E-state index contributed by atoms with van der Waals surface area (Å²) in [4.78, 5) is 0. The van der Waals surface area contributed by atoms with Gasteiger partial charge in [-0.1, -0.05) is 6.07 Å². The molecule has 2 nitrogen and oxygen atoms in total. The molecule has 0 aromatic heterocycles. The van der Waals surface area contributed by atoms with E-state index in [1.165, 1.54) is 6.07 Å². The summed E-state index contributed by atoms with van der Waals surface area (Å²) >= 11 is 1.68. The van der Waals surface area contributed by atoms with E-state index in [0.717, 1.165) is 11.3 Å². The molecule has 0 radical (unpaired) electrons. The van der Waals surface area contributed by atoms with Gasteiger partial charge in [0, 0.05) is 11.8 Å². The molecule has 1 aromatic rings. The van der Waals surface area contributed by atoms with Gasteiger partial charge in [0.15, 0.2) is 11.6 Å². The Morgan fingerprint density at radius 2 is 2.25 bits per heavy atom. The van der Waals surface area contributed by atoms with Crippen molar-refractivity contribution in [3.8, 4) is 5.75 Å². The fourth-order valence-electron chi connectivity index (χ4n) is 1.31. The van der Waals surface area contributed by atoms with Crippen LogP contribution in [0.2, 0.25) is 0 Å². The van der Waals surface area contributed by atoms with Crippen LogP contribution in [-0.2, 0) is 0 Å². The molecule has 90 valence electrons. The second kappa shape index (κ2) is 6.76. The van der Waals surface area contributed by atoms with E-state index < -0.39 is 0 Å². The second-order valence-corrected chi connectivity index (χ2v) is 4.53. The Labute approximate surface area is 101 Å². The zero-order valence-electron chi connectivity index (χ0n) is 9.92. The molecule has 0 bridgehead atoms. The smallest absolute Gasteiger partial charge is 0.165 e. The molecule has 16 heavy (non-hydrogen) atoms. The number of ether oxygens (including phenoxy) is 1. The fraction of sp³-hybridized carbons (Fsp3) is 0.500. The number of benzene rings is 1. The van der Waals surface area contributed by atoms with Crippen LogP contribution < -0.4 is 10.1 Å².